The molecule has 0 bridgehead atoms. The fourth-order valence-corrected chi connectivity index (χ4v) is 8.50. The van der Waals surface area contributed by atoms with Crippen LogP contribution < -0.4 is 20.8 Å². The van der Waals surface area contributed by atoms with Crippen LogP contribution in [0.15, 0.2) is 84.9 Å². The molecular weight excluding hydrogens is 315 g/mol. The van der Waals surface area contributed by atoms with Gasteiger partial charge in [-0.15, -0.1) is 0 Å². The first-order valence-electron chi connectivity index (χ1n) is 8.14. The molecule has 3 heteroatoms. The molecule has 3 aromatic rings. The summed E-state index contributed by atoms with van der Waals surface area (Å²) in [5, 5.41) is 2.26. The second kappa shape index (κ2) is 5.00. The molecule has 0 N–H and O–H groups in total. The normalized spacial score (nSPS) is 21.4. The van der Waals surface area contributed by atoms with Crippen molar-refractivity contribution in [2.75, 3.05) is 0 Å². The predicted octanol–water partition coefficient (Wildman–Crippen LogP) is 2.97. The number of benzene rings is 3. The monoisotopic (exact) mass is 335 g/mol. The van der Waals surface area contributed by atoms with E-state index in [4.69, 9.17) is 4.52 Å². The van der Waals surface area contributed by atoms with Crippen LogP contribution in [0, 0.1) is 0 Å². The summed E-state index contributed by atoms with van der Waals surface area (Å²) in [5.74, 6) is 0. The number of fused-ring (bicyclic) bond motifs is 1. The first-order chi connectivity index (χ1) is 11.5. The van der Waals surface area contributed by atoms with Crippen LogP contribution in [0.2, 0.25) is 0 Å². The molecule has 0 amide bonds. The van der Waals surface area contributed by atoms with E-state index in [2.05, 4.69) is 0 Å². The van der Waals surface area contributed by atoms with Gasteiger partial charge in [-0.1, -0.05) is 0 Å². The van der Waals surface area contributed by atoms with Gasteiger partial charge in [-0.2, -0.15) is 0 Å². The molecule has 2 nitrogen and oxygen atoms in total. The maximum atomic E-state index is 15.0. The molecule has 0 atom stereocenters. The zero-order chi connectivity index (χ0) is 16.9. The van der Waals surface area contributed by atoms with Gasteiger partial charge in [-0.3, -0.25) is 0 Å². The number of hydrogen-bond acceptors (Lipinski definition) is 2. The standard InChI is InChI=1S/C21H20O2P/c1-21(2)19-15-9-10-16-20(19)24(22,23-21,17-11-5-3-6-12-17)18-13-7-4-8-14-18/h3-16H,1-2H3/q-1. The molecule has 0 aliphatic carbocycles. The van der Waals surface area contributed by atoms with E-state index < -0.39 is 12.7 Å². The van der Waals surface area contributed by atoms with E-state index in [1.54, 1.807) is 0 Å². The minimum atomic E-state index is -4.20. The van der Waals surface area contributed by atoms with Crippen molar-refractivity contribution in [1.82, 2.24) is 0 Å². The SMILES string of the molecule is CC1(C)OP([O-])(c2ccccc2)(c2ccccc2)c2ccccc21. The Kier molecular flexibility index (Phi) is 3.24. The summed E-state index contributed by atoms with van der Waals surface area (Å²) in [6.45, 7) is 3.98. The first kappa shape index (κ1) is 15.5. The molecule has 1 heterocycles. The Morgan fingerprint density at radius 3 is 1.71 bits per heavy atom. The molecule has 4 rings (SSSR count). The Hall–Kier alpha value is -1.99. The molecule has 0 saturated carbocycles. The Morgan fingerprint density at radius 1 is 0.708 bits per heavy atom. The molecule has 0 spiro atoms. The van der Waals surface area contributed by atoms with Crippen molar-refractivity contribution in [3.8, 4) is 0 Å². The van der Waals surface area contributed by atoms with Crippen LogP contribution in [0.3, 0.4) is 0 Å². The molecule has 0 radical (unpaired) electrons. The van der Waals surface area contributed by atoms with Crippen molar-refractivity contribution in [3.63, 3.8) is 0 Å². The van der Waals surface area contributed by atoms with Crippen molar-refractivity contribution in [1.29, 1.82) is 0 Å². The molecule has 24 heavy (non-hydrogen) atoms. The van der Waals surface area contributed by atoms with E-state index in [0.717, 1.165) is 21.5 Å². The third-order valence-corrected chi connectivity index (χ3v) is 9.39. The Balaban J connectivity index is 2.17. The molecule has 0 unspecified atom stereocenters. The van der Waals surface area contributed by atoms with Crippen LogP contribution in [0.4, 0.5) is 0 Å². The van der Waals surface area contributed by atoms with Gasteiger partial charge in [0.2, 0.25) is 0 Å². The van der Waals surface area contributed by atoms with Gasteiger partial charge in [-0.05, 0) is 0 Å². The van der Waals surface area contributed by atoms with Gasteiger partial charge in [0.1, 0.15) is 0 Å². The molecule has 0 aromatic heterocycles. The van der Waals surface area contributed by atoms with Crippen LogP contribution >= 0.6 is 7.06 Å². The summed E-state index contributed by atoms with van der Waals surface area (Å²) in [5.41, 5.74) is 0.368. The van der Waals surface area contributed by atoms with Crippen molar-refractivity contribution in [2.24, 2.45) is 0 Å². The summed E-state index contributed by atoms with van der Waals surface area (Å²) in [6, 6.07) is 27.1. The number of rotatable bonds is 2. The van der Waals surface area contributed by atoms with E-state index in [1.807, 2.05) is 98.8 Å². The van der Waals surface area contributed by atoms with Gasteiger partial charge in [0.25, 0.3) is 0 Å². The van der Waals surface area contributed by atoms with Gasteiger partial charge >= 0.3 is 142 Å². The minimum absolute atomic E-state index is 0.623. The summed E-state index contributed by atoms with van der Waals surface area (Å²) < 4.78 is 6.54. The summed E-state index contributed by atoms with van der Waals surface area (Å²) in [7, 11) is -4.20. The van der Waals surface area contributed by atoms with Crippen LogP contribution in [-0.2, 0) is 10.1 Å². The second-order valence-electron chi connectivity index (χ2n) is 6.75. The topological polar surface area (TPSA) is 32.3 Å². The van der Waals surface area contributed by atoms with Crippen LogP contribution in [0.25, 0.3) is 0 Å². The summed E-state index contributed by atoms with van der Waals surface area (Å²) in [6.07, 6.45) is 0. The third kappa shape index (κ3) is 1.88. The van der Waals surface area contributed by atoms with Crippen LogP contribution in [-0.4, -0.2) is 0 Å². The Labute approximate surface area is 142 Å². The molecule has 3 aromatic carbocycles. The van der Waals surface area contributed by atoms with Crippen LogP contribution in [0.5, 0.6) is 0 Å². The van der Waals surface area contributed by atoms with E-state index in [9.17, 15) is 0 Å². The average molecular weight is 335 g/mol. The third-order valence-electron chi connectivity index (χ3n) is 4.84. The fraction of sp³-hybridized carbons (Fsp3) is 0.143. The predicted molar refractivity (Wildman–Crippen MR) is 99.3 cm³/mol. The van der Waals surface area contributed by atoms with E-state index >= 15 is 4.89 Å². The Morgan fingerprint density at radius 2 is 1.17 bits per heavy atom. The van der Waals surface area contributed by atoms with Crippen molar-refractivity contribution in [2.45, 2.75) is 19.4 Å². The molecule has 1 aliphatic heterocycles. The first-order valence-corrected chi connectivity index (χ1v) is 10.2. The molecule has 122 valence electrons. The van der Waals surface area contributed by atoms with E-state index in [1.165, 1.54) is 0 Å². The van der Waals surface area contributed by atoms with Gasteiger partial charge < -0.3 is 0 Å². The van der Waals surface area contributed by atoms with Gasteiger partial charge in [0.15, 0.2) is 0 Å². The van der Waals surface area contributed by atoms with Gasteiger partial charge in [-0.25, -0.2) is 0 Å². The molecule has 1 aliphatic rings. The zero-order valence-corrected chi connectivity index (χ0v) is 14.7. The summed E-state index contributed by atoms with van der Waals surface area (Å²) >= 11 is 0. The van der Waals surface area contributed by atoms with Crippen molar-refractivity contribution < 1.29 is 9.42 Å². The fourth-order valence-electron chi connectivity index (χ4n) is 3.80. The maximum absolute atomic E-state index is 15.0. The molecular formula is C21H20O2P-. The molecule has 0 saturated heterocycles. The van der Waals surface area contributed by atoms with Gasteiger partial charge in [0.05, 0.1) is 0 Å². The molecule has 0 fully saturated rings. The number of hydrogen-bond donors (Lipinski definition) is 0. The van der Waals surface area contributed by atoms with Gasteiger partial charge in [0, 0.05) is 0 Å². The quantitative estimate of drug-likeness (QED) is 0.675. The zero-order valence-electron chi connectivity index (χ0n) is 13.8. The summed E-state index contributed by atoms with van der Waals surface area (Å²) in [4.78, 5) is 15.0. The second-order valence-corrected chi connectivity index (χ2v) is 10.4. The Bertz CT molecular complexity index is 848. The van der Waals surface area contributed by atoms with E-state index in [0.29, 0.717) is 0 Å². The van der Waals surface area contributed by atoms with Crippen LogP contribution in [0.1, 0.15) is 19.4 Å². The average Bonchev–Trinajstić information content (AvgIpc) is 2.83. The van der Waals surface area contributed by atoms with E-state index in [-0.39, 0.29) is 0 Å². The van der Waals surface area contributed by atoms with Crippen molar-refractivity contribution in [3.05, 3.63) is 90.5 Å². The van der Waals surface area contributed by atoms with Crippen molar-refractivity contribution >= 4 is 23.0 Å².